The summed E-state index contributed by atoms with van der Waals surface area (Å²) in [5.41, 5.74) is 1.92. The first-order valence-corrected chi connectivity index (χ1v) is 9.59. The highest BCUT2D eigenvalue weighted by Crippen LogP contribution is 2.18. The van der Waals surface area contributed by atoms with Crippen LogP contribution in [0.2, 0.25) is 0 Å². The number of pyridine rings is 1. The Kier molecular flexibility index (Phi) is 6.35. The van der Waals surface area contributed by atoms with Gasteiger partial charge in [0.05, 0.1) is 16.3 Å². The summed E-state index contributed by atoms with van der Waals surface area (Å²) in [4.78, 5) is 29.6. The second-order valence-electron chi connectivity index (χ2n) is 6.59. The van der Waals surface area contributed by atoms with E-state index in [0.717, 1.165) is 24.5 Å². The predicted octanol–water partition coefficient (Wildman–Crippen LogP) is 2.66. The van der Waals surface area contributed by atoms with E-state index in [2.05, 4.69) is 39.4 Å². The van der Waals surface area contributed by atoms with E-state index in [4.69, 9.17) is 0 Å². The number of nitro groups is 1. The lowest BCUT2D eigenvalue weighted by molar-refractivity contribution is -0.384. The molecule has 1 aromatic carbocycles. The fourth-order valence-electron chi connectivity index (χ4n) is 3.04. The highest BCUT2D eigenvalue weighted by molar-refractivity contribution is 5.93. The van der Waals surface area contributed by atoms with Crippen LogP contribution >= 0.6 is 0 Å². The van der Waals surface area contributed by atoms with E-state index >= 15 is 0 Å². The quantitative estimate of drug-likeness (QED) is 0.449. The van der Waals surface area contributed by atoms with Gasteiger partial charge in [0, 0.05) is 38.0 Å². The SMILES string of the molecule is CCN(CC)c1ccc(CNC(=O)c2nnn(-c3cccc([N+](=O)[O-])c3)c2C)cn1. The molecule has 1 amide bonds. The van der Waals surface area contributed by atoms with Crippen molar-refractivity contribution < 1.29 is 9.72 Å². The van der Waals surface area contributed by atoms with E-state index in [1.54, 1.807) is 25.3 Å². The second kappa shape index (κ2) is 9.12. The number of nitro benzene ring substituents is 1. The van der Waals surface area contributed by atoms with Gasteiger partial charge in [-0.05, 0) is 38.5 Å². The fourth-order valence-corrected chi connectivity index (χ4v) is 3.04. The molecular formula is C20H23N7O3. The van der Waals surface area contributed by atoms with Gasteiger partial charge in [0.25, 0.3) is 11.6 Å². The summed E-state index contributed by atoms with van der Waals surface area (Å²) in [6.07, 6.45) is 1.74. The van der Waals surface area contributed by atoms with Gasteiger partial charge in [-0.15, -0.1) is 5.10 Å². The lowest BCUT2D eigenvalue weighted by atomic mass is 10.2. The van der Waals surface area contributed by atoms with E-state index < -0.39 is 4.92 Å². The minimum atomic E-state index is -0.483. The number of hydrogen-bond acceptors (Lipinski definition) is 7. The maximum absolute atomic E-state index is 12.6. The molecular weight excluding hydrogens is 386 g/mol. The third kappa shape index (κ3) is 4.43. The number of hydrogen-bond donors (Lipinski definition) is 1. The lowest BCUT2D eigenvalue weighted by Crippen LogP contribution is -2.25. The Bertz CT molecular complexity index is 1040. The van der Waals surface area contributed by atoms with Crippen LogP contribution in [-0.2, 0) is 6.54 Å². The average Bonchev–Trinajstić information content (AvgIpc) is 3.15. The summed E-state index contributed by atoms with van der Waals surface area (Å²) in [6.45, 7) is 7.88. The number of amides is 1. The van der Waals surface area contributed by atoms with Gasteiger partial charge in [-0.1, -0.05) is 17.3 Å². The largest absolute Gasteiger partial charge is 0.357 e. The van der Waals surface area contributed by atoms with Crippen LogP contribution in [0.15, 0.2) is 42.6 Å². The van der Waals surface area contributed by atoms with Crippen molar-refractivity contribution in [3.8, 4) is 5.69 Å². The zero-order valence-electron chi connectivity index (χ0n) is 17.1. The van der Waals surface area contributed by atoms with Gasteiger partial charge >= 0.3 is 0 Å². The topological polar surface area (TPSA) is 119 Å². The Balaban J connectivity index is 1.70. The maximum atomic E-state index is 12.6. The molecule has 2 aromatic heterocycles. The Morgan fingerprint density at radius 1 is 1.23 bits per heavy atom. The van der Waals surface area contributed by atoms with E-state index in [-0.39, 0.29) is 17.3 Å². The number of aromatic nitrogens is 4. The molecule has 0 saturated heterocycles. The van der Waals surface area contributed by atoms with Gasteiger partial charge in [0.15, 0.2) is 5.69 Å². The Morgan fingerprint density at radius 2 is 2.00 bits per heavy atom. The van der Waals surface area contributed by atoms with Crippen molar-refractivity contribution in [2.45, 2.75) is 27.3 Å². The molecule has 10 heteroatoms. The minimum Gasteiger partial charge on any atom is -0.357 e. The van der Waals surface area contributed by atoms with Gasteiger partial charge in [-0.2, -0.15) is 0 Å². The van der Waals surface area contributed by atoms with Gasteiger partial charge in [0.1, 0.15) is 5.82 Å². The minimum absolute atomic E-state index is 0.0611. The average molecular weight is 409 g/mol. The highest BCUT2D eigenvalue weighted by atomic mass is 16.6. The third-order valence-corrected chi connectivity index (χ3v) is 4.74. The maximum Gasteiger partial charge on any atom is 0.274 e. The van der Waals surface area contributed by atoms with Crippen LogP contribution in [0.3, 0.4) is 0 Å². The summed E-state index contributed by atoms with van der Waals surface area (Å²) in [7, 11) is 0. The Labute approximate surface area is 173 Å². The number of carbonyl (C=O) groups excluding carboxylic acids is 1. The molecule has 0 unspecified atom stereocenters. The molecule has 0 aliphatic carbocycles. The first kappa shape index (κ1) is 20.9. The zero-order valence-corrected chi connectivity index (χ0v) is 17.1. The Morgan fingerprint density at radius 3 is 2.63 bits per heavy atom. The number of carbonyl (C=O) groups is 1. The molecule has 156 valence electrons. The first-order valence-electron chi connectivity index (χ1n) is 9.59. The normalized spacial score (nSPS) is 10.6. The van der Waals surface area contributed by atoms with Crippen LogP contribution in [0.1, 0.15) is 35.6 Å². The molecule has 2 heterocycles. The standard InChI is InChI=1S/C20H23N7O3/c1-4-25(5-2)18-10-9-15(12-21-18)13-22-20(28)19-14(3)26(24-23-19)16-7-6-8-17(11-16)27(29)30/h6-12H,4-5,13H2,1-3H3,(H,22,28). The monoisotopic (exact) mass is 409 g/mol. The van der Waals surface area contributed by atoms with Crippen molar-refractivity contribution in [3.05, 3.63) is 69.7 Å². The molecule has 3 rings (SSSR count). The second-order valence-corrected chi connectivity index (χ2v) is 6.59. The predicted molar refractivity (Wildman–Crippen MR) is 112 cm³/mol. The van der Waals surface area contributed by atoms with Gasteiger partial charge in [-0.25, -0.2) is 9.67 Å². The van der Waals surface area contributed by atoms with Gasteiger partial charge < -0.3 is 10.2 Å². The summed E-state index contributed by atoms with van der Waals surface area (Å²) in [5.74, 6) is 0.516. The van der Waals surface area contributed by atoms with Crippen molar-refractivity contribution in [2.75, 3.05) is 18.0 Å². The summed E-state index contributed by atoms with van der Waals surface area (Å²) >= 11 is 0. The van der Waals surface area contributed by atoms with E-state index in [0.29, 0.717) is 17.9 Å². The summed E-state index contributed by atoms with van der Waals surface area (Å²) in [6, 6.07) is 9.85. The van der Waals surface area contributed by atoms with E-state index in [1.807, 2.05) is 12.1 Å². The van der Waals surface area contributed by atoms with Crippen molar-refractivity contribution in [1.29, 1.82) is 0 Å². The number of non-ortho nitro benzene ring substituents is 1. The number of rotatable bonds is 8. The number of nitrogens with zero attached hydrogens (tertiary/aromatic N) is 6. The van der Waals surface area contributed by atoms with E-state index in [9.17, 15) is 14.9 Å². The number of anilines is 1. The summed E-state index contributed by atoms with van der Waals surface area (Å²) in [5, 5.41) is 21.7. The molecule has 0 aliphatic rings. The molecule has 0 radical (unpaired) electrons. The molecule has 0 aliphatic heterocycles. The van der Waals surface area contributed by atoms with Gasteiger partial charge in [-0.3, -0.25) is 14.9 Å². The molecule has 10 nitrogen and oxygen atoms in total. The molecule has 0 saturated carbocycles. The van der Waals surface area contributed by atoms with E-state index in [1.165, 1.54) is 16.8 Å². The number of benzene rings is 1. The van der Waals surface area contributed by atoms with Crippen molar-refractivity contribution in [3.63, 3.8) is 0 Å². The molecule has 30 heavy (non-hydrogen) atoms. The van der Waals surface area contributed by atoms with Crippen LogP contribution in [0.5, 0.6) is 0 Å². The van der Waals surface area contributed by atoms with Gasteiger partial charge in [0.2, 0.25) is 0 Å². The molecule has 0 atom stereocenters. The van der Waals surface area contributed by atoms with Crippen LogP contribution in [-0.4, -0.2) is 43.9 Å². The molecule has 1 N–H and O–H groups in total. The van der Waals surface area contributed by atoms with Crippen LogP contribution in [0, 0.1) is 17.0 Å². The van der Waals surface area contributed by atoms with Crippen LogP contribution < -0.4 is 10.2 Å². The molecule has 0 fully saturated rings. The van der Waals surface area contributed by atoms with Crippen molar-refractivity contribution in [1.82, 2.24) is 25.3 Å². The Hall–Kier alpha value is -3.82. The smallest absolute Gasteiger partial charge is 0.274 e. The molecule has 3 aromatic rings. The summed E-state index contributed by atoms with van der Waals surface area (Å²) < 4.78 is 1.41. The molecule has 0 bridgehead atoms. The van der Waals surface area contributed by atoms with Crippen LogP contribution in [0.25, 0.3) is 5.69 Å². The van der Waals surface area contributed by atoms with Crippen molar-refractivity contribution >= 4 is 17.4 Å². The third-order valence-electron chi connectivity index (χ3n) is 4.74. The fraction of sp³-hybridized carbons (Fsp3) is 0.300. The highest BCUT2D eigenvalue weighted by Gasteiger charge is 2.18. The van der Waals surface area contributed by atoms with Crippen LogP contribution in [0.4, 0.5) is 11.5 Å². The number of nitrogens with one attached hydrogen (secondary N) is 1. The zero-order chi connectivity index (χ0) is 21.7. The first-order chi connectivity index (χ1) is 14.4. The lowest BCUT2D eigenvalue weighted by Gasteiger charge is -2.19. The molecule has 0 spiro atoms. The van der Waals surface area contributed by atoms with Crippen molar-refractivity contribution in [2.24, 2.45) is 0 Å².